The Balaban J connectivity index is 1.63. The first kappa shape index (κ1) is 28.0. The van der Waals surface area contributed by atoms with Gasteiger partial charge in [-0.2, -0.15) is 0 Å². The Hall–Kier alpha value is -4.07. The summed E-state index contributed by atoms with van der Waals surface area (Å²) < 4.78 is 5.40. The van der Waals surface area contributed by atoms with Gasteiger partial charge in [0.05, 0.1) is 18.1 Å². The minimum Gasteiger partial charge on any atom is -0.508 e. The summed E-state index contributed by atoms with van der Waals surface area (Å²) in [7, 11) is 0. The minimum atomic E-state index is -1.02. The number of aromatic hydroxyl groups is 1. The molecule has 0 saturated heterocycles. The molecule has 3 aromatic rings. The van der Waals surface area contributed by atoms with Crippen LogP contribution in [-0.4, -0.2) is 53.5 Å². The maximum absolute atomic E-state index is 13.9. The number of nitrogens with zero attached hydrogens (tertiary/aromatic N) is 1. The highest BCUT2D eigenvalue weighted by Gasteiger charge is 2.49. The summed E-state index contributed by atoms with van der Waals surface area (Å²) in [6.45, 7) is 8.88. The molecule has 0 aliphatic carbocycles. The van der Waals surface area contributed by atoms with Gasteiger partial charge in [-0.05, 0) is 69.2 Å². The molecule has 0 aromatic heterocycles. The van der Waals surface area contributed by atoms with Crippen molar-refractivity contribution in [2.75, 3.05) is 30.3 Å². The largest absolute Gasteiger partial charge is 0.508 e. The van der Waals surface area contributed by atoms with Gasteiger partial charge in [0.1, 0.15) is 5.75 Å². The summed E-state index contributed by atoms with van der Waals surface area (Å²) in [5.74, 6) is -0.944. The van der Waals surface area contributed by atoms with Gasteiger partial charge in [-0.25, -0.2) is 0 Å². The lowest BCUT2D eigenvalue weighted by Gasteiger charge is -2.42. The van der Waals surface area contributed by atoms with Gasteiger partial charge in [-0.3, -0.25) is 19.3 Å². The standard InChI is InChI=1S/C31H37N3O5/c1-5-9-26(31(4,6-2)30(38)39-7-3)34-28(36)23-11-8-10-22-25(17-16-24(27(22)23)29(34)37)33-19-18-32-20-12-14-21(35)15-13-20/h8,10-17,26,32-33,35H,5-7,9,18-19H2,1-4H3. The van der Waals surface area contributed by atoms with E-state index in [1.165, 1.54) is 4.90 Å². The highest BCUT2D eigenvalue weighted by molar-refractivity contribution is 6.27. The number of rotatable bonds is 12. The summed E-state index contributed by atoms with van der Waals surface area (Å²) in [5.41, 5.74) is 1.61. The van der Waals surface area contributed by atoms with Crippen molar-refractivity contribution in [3.63, 3.8) is 0 Å². The molecular weight excluding hydrogens is 494 g/mol. The predicted molar refractivity (Wildman–Crippen MR) is 153 cm³/mol. The van der Waals surface area contributed by atoms with E-state index in [9.17, 15) is 19.5 Å². The van der Waals surface area contributed by atoms with Crippen LogP contribution in [0.1, 0.15) is 67.7 Å². The quantitative estimate of drug-likeness (QED) is 0.117. The minimum absolute atomic E-state index is 0.214. The van der Waals surface area contributed by atoms with Crippen LogP contribution in [0.5, 0.6) is 5.75 Å². The molecule has 0 radical (unpaired) electrons. The number of nitrogens with one attached hydrogen (secondary N) is 2. The van der Waals surface area contributed by atoms with Gasteiger partial charge in [0.2, 0.25) is 0 Å². The van der Waals surface area contributed by atoms with Gasteiger partial charge < -0.3 is 20.5 Å². The molecule has 8 nitrogen and oxygen atoms in total. The van der Waals surface area contributed by atoms with Gasteiger partial charge in [0.25, 0.3) is 11.8 Å². The third-order valence-electron chi connectivity index (χ3n) is 7.66. The zero-order valence-electron chi connectivity index (χ0n) is 23.0. The Labute approximate surface area is 229 Å². The molecule has 3 aromatic carbocycles. The van der Waals surface area contributed by atoms with Crippen LogP contribution in [-0.2, 0) is 9.53 Å². The fourth-order valence-corrected chi connectivity index (χ4v) is 5.35. The van der Waals surface area contributed by atoms with Crippen LogP contribution in [0.15, 0.2) is 54.6 Å². The van der Waals surface area contributed by atoms with E-state index in [0.717, 1.165) is 16.8 Å². The summed E-state index contributed by atoms with van der Waals surface area (Å²) in [6.07, 6.45) is 1.64. The van der Waals surface area contributed by atoms with Gasteiger partial charge >= 0.3 is 5.97 Å². The van der Waals surface area contributed by atoms with Crippen LogP contribution in [0.25, 0.3) is 10.8 Å². The number of carbonyl (C=O) groups is 3. The van der Waals surface area contributed by atoms with Crippen LogP contribution >= 0.6 is 0 Å². The molecule has 206 valence electrons. The van der Waals surface area contributed by atoms with E-state index < -0.39 is 17.4 Å². The molecule has 0 spiro atoms. The highest BCUT2D eigenvalue weighted by atomic mass is 16.5. The van der Waals surface area contributed by atoms with E-state index >= 15 is 0 Å². The van der Waals surface area contributed by atoms with Crippen molar-refractivity contribution in [1.29, 1.82) is 0 Å². The number of imide groups is 1. The summed E-state index contributed by atoms with van der Waals surface area (Å²) >= 11 is 0. The van der Waals surface area contributed by atoms with Gasteiger partial charge in [-0.1, -0.05) is 32.4 Å². The monoisotopic (exact) mass is 531 g/mol. The van der Waals surface area contributed by atoms with Crippen molar-refractivity contribution in [2.24, 2.45) is 5.41 Å². The first-order chi connectivity index (χ1) is 18.8. The number of phenolic OH excluding ortho intramolecular Hbond substituents is 1. The van der Waals surface area contributed by atoms with Crippen LogP contribution in [0.3, 0.4) is 0 Å². The van der Waals surface area contributed by atoms with Crippen molar-refractivity contribution in [2.45, 2.75) is 53.0 Å². The molecule has 2 unspecified atom stereocenters. The number of carbonyl (C=O) groups excluding carboxylic acids is 3. The SMILES string of the molecule is CCCC(N1C(=O)c2cccc3c(NCCNc4ccc(O)cc4)ccc(c23)C1=O)C(C)(CC)C(=O)OCC. The fourth-order valence-electron chi connectivity index (χ4n) is 5.35. The van der Waals surface area contributed by atoms with Crippen molar-refractivity contribution in [3.8, 4) is 5.75 Å². The molecular formula is C31H37N3O5. The normalized spacial score (nSPS) is 15.1. The van der Waals surface area contributed by atoms with E-state index in [1.54, 1.807) is 50.2 Å². The average Bonchev–Trinajstić information content (AvgIpc) is 2.94. The van der Waals surface area contributed by atoms with Crippen molar-refractivity contribution in [3.05, 3.63) is 65.7 Å². The Morgan fingerprint density at radius 3 is 2.26 bits per heavy atom. The summed E-state index contributed by atoms with van der Waals surface area (Å²) in [4.78, 5) is 42.2. The number of anilines is 2. The Morgan fingerprint density at radius 1 is 0.949 bits per heavy atom. The molecule has 1 aliphatic heterocycles. The molecule has 1 aliphatic rings. The van der Waals surface area contributed by atoms with Crippen molar-refractivity contribution < 1.29 is 24.2 Å². The second-order valence-electron chi connectivity index (χ2n) is 10.1. The zero-order valence-corrected chi connectivity index (χ0v) is 23.0. The zero-order chi connectivity index (χ0) is 28.2. The fraction of sp³-hybridized carbons (Fsp3) is 0.387. The van der Waals surface area contributed by atoms with Crippen LogP contribution in [0, 0.1) is 5.41 Å². The number of ether oxygens (including phenoxy) is 1. The number of hydrogen-bond donors (Lipinski definition) is 3. The maximum atomic E-state index is 13.9. The van der Waals surface area contributed by atoms with Crippen LogP contribution in [0.4, 0.5) is 11.4 Å². The number of esters is 1. The van der Waals surface area contributed by atoms with Gasteiger partial charge in [0.15, 0.2) is 0 Å². The Morgan fingerprint density at radius 2 is 1.62 bits per heavy atom. The summed E-state index contributed by atoms with van der Waals surface area (Å²) in [5, 5.41) is 17.6. The van der Waals surface area contributed by atoms with E-state index in [1.807, 2.05) is 32.0 Å². The van der Waals surface area contributed by atoms with E-state index in [0.29, 0.717) is 48.9 Å². The average molecular weight is 532 g/mol. The Bertz CT molecular complexity index is 1350. The topological polar surface area (TPSA) is 108 Å². The van der Waals surface area contributed by atoms with E-state index in [4.69, 9.17) is 4.74 Å². The molecule has 39 heavy (non-hydrogen) atoms. The lowest BCUT2D eigenvalue weighted by atomic mass is 9.75. The number of benzene rings is 3. The van der Waals surface area contributed by atoms with Gasteiger partial charge in [0, 0.05) is 46.4 Å². The van der Waals surface area contributed by atoms with Crippen LogP contribution in [0.2, 0.25) is 0 Å². The number of hydrogen-bond acceptors (Lipinski definition) is 7. The molecule has 2 amide bonds. The smallest absolute Gasteiger partial charge is 0.313 e. The maximum Gasteiger partial charge on any atom is 0.313 e. The predicted octanol–water partition coefficient (Wildman–Crippen LogP) is 5.81. The number of phenols is 1. The first-order valence-electron chi connectivity index (χ1n) is 13.6. The third kappa shape index (κ3) is 5.28. The Kier molecular flexibility index (Phi) is 8.43. The second-order valence-corrected chi connectivity index (χ2v) is 10.1. The molecule has 0 saturated carbocycles. The van der Waals surface area contributed by atoms with E-state index in [-0.39, 0.29) is 24.2 Å². The molecule has 1 heterocycles. The molecule has 8 heteroatoms. The first-order valence-corrected chi connectivity index (χ1v) is 13.6. The third-order valence-corrected chi connectivity index (χ3v) is 7.66. The van der Waals surface area contributed by atoms with Crippen molar-refractivity contribution >= 4 is 39.9 Å². The molecule has 0 fully saturated rings. The van der Waals surface area contributed by atoms with Crippen molar-refractivity contribution in [1.82, 2.24) is 4.90 Å². The van der Waals surface area contributed by atoms with Gasteiger partial charge in [-0.15, -0.1) is 0 Å². The summed E-state index contributed by atoms with van der Waals surface area (Å²) in [6, 6.07) is 15.3. The van der Waals surface area contributed by atoms with Crippen LogP contribution < -0.4 is 10.6 Å². The second kappa shape index (κ2) is 11.8. The van der Waals surface area contributed by atoms with E-state index in [2.05, 4.69) is 10.6 Å². The molecule has 0 bridgehead atoms. The lowest BCUT2D eigenvalue weighted by Crippen LogP contribution is -2.56. The molecule has 2 atom stereocenters. The molecule has 3 N–H and O–H groups in total. The highest BCUT2D eigenvalue weighted by Crippen LogP contribution is 2.40. The number of amides is 2. The molecule has 4 rings (SSSR count). The lowest BCUT2D eigenvalue weighted by molar-refractivity contribution is -0.158.